The number of carbonyl (C=O) groups excluding carboxylic acids is 1. The fourth-order valence-electron chi connectivity index (χ4n) is 4.66. The first kappa shape index (κ1) is 18.1. The molecule has 1 amide bonds. The molecule has 148 valence electrons. The molecule has 0 unspecified atom stereocenters. The molecule has 0 radical (unpaired) electrons. The first-order chi connectivity index (χ1) is 14.1. The molecule has 5 rings (SSSR count). The van der Waals surface area contributed by atoms with E-state index in [1.165, 1.54) is 25.7 Å². The Bertz CT molecular complexity index is 1080. The van der Waals surface area contributed by atoms with Gasteiger partial charge in [-0.25, -0.2) is 0 Å². The van der Waals surface area contributed by atoms with E-state index in [1.54, 1.807) is 4.90 Å². The van der Waals surface area contributed by atoms with Gasteiger partial charge in [0.1, 0.15) is 0 Å². The van der Waals surface area contributed by atoms with Gasteiger partial charge in [-0.3, -0.25) is 14.5 Å². The monoisotopic (exact) mass is 386 g/mol. The Kier molecular flexibility index (Phi) is 4.46. The number of aryl methyl sites for hydroxylation is 1. The summed E-state index contributed by atoms with van der Waals surface area (Å²) in [5, 5.41) is 4.62. The summed E-state index contributed by atoms with van der Waals surface area (Å²) in [6.45, 7) is 3.67. The summed E-state index contributed by atoms with van der Waals surface area (Å²) in [5.41, 5.74) is 6.87. The largest absolute Gasteiger partial charge is 0.337 e. The predicted molar refractivity (Wildman–Crippen MR) is 113 cm³/mol. The Labute approximate surface area is 171 Å². The highest BCUT2D eigenvalue weighted by atomic mass is 16.2. The summed E-state index contributed by atoms with van der Waals surface area (Å²) in [6, 6.07) is 10.3. The van der Waals surface area contributed by atoms with Crippen LogP contribution in [0.5, 0.6) is 0 Å². The number of pyridine rings is 1. The molecule has 1 aliphatic carbocycles. The van der Waals surface area contributed by atoms with E-state index < -0.39 is 0 Å². The van der Waals surface area contributed by atoms with E-state index in [4.69, 9.17) is 4.98 Å². The quantitative estimate of drug-likeness (QED) is 0.653. The first-order valence-corrected chi connectivity index (χ1v) is 10.5. The molecule has 1 saturated carbocycles. The van der Waals surface area contributed by atoms with Crippen molar-refractivity contribution < 1.29 is 4.79 Å². The van der Waals surface area contributed by atoms with E-state index in [9.17, 15) is 4.79 Å². The van der Waals surface area contributed by atoms with Crippen molar-refractivity contribution in [3.05, 3.63) is 59.5 Å². The Hall–Kier alpha value is -2.95. The lowest BCUT2D eigenvalue weighted by Crippen LogP contribution is -2.17. The Balaban J connectivity index is 1.52. The molecule has 0 saturated heterocycles. The molecule has 3 heterocycles. The van der Waals surface area contributed by atoms with Crippen molar-refractivity contribution in [1.82, 2.24) is 19.7 Å². The van der Waals surface area contributed by atoms with Crippen LogP contribution in [0.3, 0.4) is 0 Å². The maximum absolute atomic E-state index is 12.5. The van der Waals surface area contributed by atoms with Crippen molar-refractivity contribution in [2.24, 2.45) is 5.92 Å². The van der Waals surface area contributed by atoms with Crippen LogP contribution >= 0.6 is 0 Å². The molecule has 2 aliphatic rings. The average molecular weight is 386 g/mol. The van der Waals surface area contributed by atoms with Gasteiger partial charge in [-0.1, -0.05) is 31.0 Å². The number of amides is 1. The molecule has 5 nitrogen and oxygen atoms in total. The third-order valence-corrected chi connectivity index (χ3v) is 6.27. The summed E-state index contributed by atoms with van der Waals surface area (Å²) in [4.78, 5) is 19.1. The predicted octanol–water partition coefficient (Wildman–Crippen LogP) is 4.70. The van der Waals surface area contributed by atoms with Crippen molar-refractivity contribution in [3.8, 4) is 22.4 Å². The number of aromatic nitrogens is 3. The van der Waals surface area contributed by atoms with E-state index in [-0.39, 0.29) is 5.91 Å². The van der Waals surface area contributed by atoms with Crippen LogP contribution in [0.4, 0.5) is 0 Å². The fraction of sp³-hybridized carbons (Fsp3) is 0.375. The number of fused-ring (bicyclic) bond motifs is 1. The number of rotatable bonds is 4. The number of hydrogen-bond acceptors (Lipinski definition) is 3. The second-order valence-electron chi connectivity index (χ2n) is 8.48. The lowest BCUT2D eigenvalue weighted by atomic mass is 9.98. The van der Waals surface area contributed by atoms with Gasteiger partial charge in [-0.2, -0.15) is 5.10 Å². The van der Waals surface area contributed by atoms with E-state index in [2.05, 4.69) is 34.2 Å². The normalized spacial score (nSPS) is 16.6. The molecule has 1 aliphatic heterocycles. The van der Waals surface area contributed by atoms with E-state index in [1.807, 2.05) is 32.3 Å². The molecule has 0 atom stereocenters. The molecule has 5 heteroatoms. The molecule has 3 aromatic rings. The molecule has 2 aromatic heterocycles. The van der Waals surface area contributed by atoms with Crippen LogP contribution in [0, 0.1) is 12.8 Å². The summed E-state index contributed by atoms with van der Waals surface area (Å²) in [6.07, 6.45) is 9.39. The molecule has 0 spiro atoms. The smallest absolute Gasteiger partial charge is 0.254 e. The molecule has 0 N–H and O–H groups in total. The van der Waals surface area contributed by atoms with Crippen LogP contribution in [-0.2, 0) is 13.1 Å². The van der Waals surface area contributed by atoms with E-state index >= 15 is 0 Å². The van der Waals surface area contributed by atoms with Crippen molar-refractivity contribution >= 4 is 5.91 Å². The SMILES string of the molecule is Cc1ccc(-c2cnn(CC3CCCC3)c2)c(-c2ccc3c(c2)C(=O)N(C)C3)n1. The van der Waals surface area contributed by atoms with Gasteiger partial charge in [-0.05, 0) is 43.4 Å². The van der Waals surface area contributed by atoms with Crippen LogP contribution < -0.4 is 0 Å². The number of hydrogen-bond donors (Lipinski definition) is 0. The zero-order valence-corrected chi connectivity index (χ0v) is 17.1. The van der Waals surface area contributed by atoms with Gasteiger partial charge in [0.25, 0.3) is 5.91 Å². The second kappa shape index (κ2) is 7.14. The van der Waals surface area contributed by atoms with E-state index in [0.29, 0.717) is 6.54 Å². The maximum atomic E-state index is 12.5. The zero-order valence-electron chi connectivity index (χ0n) is 17.1. The number of benzene rings is 1. The van der Waals surface area contributed by atoms with Crippen LogP contribution in [0.15, 0.2) is 42.7 Å². The average Bonchev–Trinajstić information content (AvgIpc) is 3.45. The van der Waals surface area contributed by atoms with Crippen LogP contribution in [-0.4, -0.2) is 32.6 Å². The molecule has 0 bridgehead atoms. The van der Waals surface area contributed by atoms with Gasteiger partial charge >= 0.3 is 0 Å². The van der Waals surface area contributed by atoms with E-state index in [0.717, 1.165) is 51.7 Å². The Morgan fingerprint density at radius 1 is 1.07 bits per heavy atom. The van der Waals surface area contributed by atoms with Crippen molar-refractivity contribution in [1.29, 1.82) is 0 Å². The van der Waals surface area contributed by atoms with Gasteiger partial charge in [-0.15, -0.1) is 0 Å². The zero-order chi connectivity index (χ0) is 20.0. The first-order valence-electron chi connectivity index (χ1n) is 10.5. The number of nitrogens with zero attached hydrogens (tertiary/aromatic N) is 4. The van der Waals surface area contributed by atoms with Gasteiger partial charge < -0.3 is 4.90 Å². The van der Waals surface area contributed by atoms with Crippen molar-refractivity contribution in [3.63, 3.8) is 0 Å². The summed E-state index contributed by atoms with van der Waals surface area (Å²) in [5.74, 6) is 0.832. The van der Waals surface area contributed by atoms with Gasteiger partial charge in [0.05, 0.1) is 11.9 Å². The standard InChI is InChI=1S/C24H26N4O/c1-16-7-10-21(20-12-25-28(15-20)13-17-5-3-4-6-17)23(26-16)18-8-9-19-14-27(2)24(29)22(19)11-18/h7-12,15,17H,3-6,13-14H2,1-2H3. The molecule has 29 heavy (non-hydrogen) atoms. The van der Waals surface area contributed by atoms with Gasteiger partial charge in [0.2, 0.25) is 0 Å². The third-order valence-electron chi connectivity index (χ3n) is 6.27. The minimum atomic E-state index is 0.0837. The summed E-state index contributed by atoms with van der Waals surface area (Å²) in [7, 11) is 1.84. The highest BCUT2D eigenvalue weighted by Crippen LogP contribution is 2.34. The Morgan fingerprint density at radius 3 is 2.72 bits per heavy atom. The summed E-state index contributed by atoms with van der Waals surface area (Å²) >= 11 is 0. The Morgan fingerprint density at radius 2 is 1.90 bits per heavy atom. The van der Waals surface area contributed by atoms with Crippen LogP contribution in [0.25, 0.3) is 22.4 Å². The second-order valence-corrected chi connectivity index (χ2v) is 8.48. The minimum absolute atomic E-state index is 0.0837. The minimum Gasteiger partial charge on any atom is -0.337 e. The molecule has 1 aromatic carbocycles. The van der Waals surface area contributed by atoms with Gasteiger partial charge in [0, 0.05) is 54.3 Å². The van der Waals surface area contributed by atoms with Crippen LogP contribution in [0.2, 0.25) is 0 Å². The topological polar surface area (TPSA) is 51.0 Å². The fourth-order valence-corrected chi connectivity index (χ4v) is 4.66. The third kappa shape index (κ3) is 3.35. The summed E-state index contributed by atoms with van der Waals surface area (Å²) < 4.78 is 2.08. The highest BCUT2D eigenvalue weighted by molar-refractivity contribution is 5.99. The number of carbonyl (C=O) groups is 1. The molecular weight excluding hydrogens is 360 g/mol. The van der Waals surface area contributed by atoms with Gasteiger partial charge in [0.15, 0.2) is 0 Å². The highest BCUT2D eigenvalue weighted by Gasteiger charge is 2.25. The molecular formula is C24H26N4O. The lowest BCUT2D eigenvalue weighted by Gasteiger charge is -2.10. The molecule has 1 fully saturated rings. The van der Waals surface area contributed by atoms with Crippen molar-refractivity contribution in [2.75, 3.05) is 7.05 Å². The maximum Gasteiger partial charge on any atom is 0.254 e. The van der Waals surface area contributed by atoms with Crippen LogP contribution in [0.1, 0.15) is 47.3 Å². The van der Waals surface area contributed by atoms with Crippen molar-refractivity contribution in [2.45, 2.75) is 45.7 Å². The lowest BCUT2D eigenvalue weighted by molar-refractivity contribution is 0.0816.